The quantitative estimate of drug-likeness (QED) is 0.503. The Morgan fingerprint density at radius 3 is 2.67 bits per heavy atom. The van der Waals surface area contributed by atoms with Crippen LogP contribution in [0.2, 0.25) is 0 Å². The van der Waals surface area contributed by atoms with Gasteiger partial charge in [0.25, 0.3) is 11.8 Å². The summed E-state index contributed by atoms with van der Waals surface area (Å²) in [7, 11) is 1.57. The van der Waals surface area contributed by atoms with E-state index in [9.17, 15) is 9.59 Å². The molecule has 0 saturated carbocycles. The molecule has 0 radical (unpaired) electrons. The molecular weight excluding hydrogens is 496 g/mol. The van der Waals surface area contributed by atoms with Crippen LogP contribution in [0.5, 0.6) is 17.2 Å². The van der Waals surface area contributed by atoms with E-state index in [-0.39, 0.29) is 18.6 Å². The average molecular weight is 531 g/mol. The van der Waals surface area contributed by atoms with Crippen LogP contribution in [0.4, 0.5) is 5.69 Å². The largest absolute Gasteiger partial charge is 0.493 e. The van der Waals surface area contributed by atoms with Gasteiger partial charge in [-0.3, -0.25) is 14.6 Å². The van der Waals surface area contributed by atoms with E-state index in [4.69, 9.17) is 14.2 Å². The Bertz CT molecular complexity index is 1310. The molecule has 2 aliphatic heterocycles. The average Bonchev–Trinajstić information content (AvgIpc) is 3.45. The standard InChI is InChI=1S/C30H34N4O5/c1-37-26-15-21(16-27-28(26)39-20-38-27)18-33-29(35)23-7-8-25-24(17-23)19-32-11-5-3-2-4-6-14-34(25)30(36)22-9-12-31-13-10-22/h7-10,12-13,15-17,32H,2-6,11,14,18-20H2,1H3,(H,33,35). The molecule has 204 valence electrons. The van der Waals surface area contributed by atoms with Gasteiger partial charge in [-0.1, -0.05) is 19.3 Å². The smallest absolute Gasteiger partial charge is 0.258 e. The van der Waals surface area contributed by atoms with Gasteiger partial charge in [0.1, 0.15) is 0 Å². The van der Waals surface area contributed by atoms with E-state index < -0.39 is 0 Å². The van der Waals surface area contributed by atoms with Crippen LogP contribution in [-0.4, -0.2) is 43.8 Å². The van der Waals surface area contributed by atoms with Crippen molar-refractivity contribution in [1.82, 2.24) is 15.6 Å². The maximum Gasteiger partial charge on any atom is 0.258 e. The van der Waals surface area contributed by atoms with Crippen LogP contribution >= 0.6 is 0 Å². The van der Waals surface area contributed by atoms with Crippen LogP contribution in [0.1, 0.15) is 63.9 Å². The van der Waals surface area contributed by atoms with Crippen molar-refractivity contribution in [3.05, 3.63) is 77.1 Å². The molecule has 0 bridgehead atoms. The maximum absolute atomic E-state index is 13.6. The number of methoxy groups -OCH3 is 1. The van der Waals surface area contributed by atoms with Crippen molar-refractivity contribution in [3.63, 3.8) is 0 Å². The van der Waals surface area contributed by atoms with E-state index in [1.807, 2.05) is 29.2 Å². The lowest BCUT2D eigenvalue weighted by Gasteiger charge is -2.27. The summed E-state index contributed by atoms with van der Waals surface area (Å²) in [6.45, 7) is 2.51. The fourth-order valence-electron chi connectivity index (χ4n) is 4.96. The molecule has 1 aromatic heterocycles. The lowest BCUT2D eigenvalue weighted by molar-refractivity contribution is 0.0949. The van der Waals surface area contributed by atoms with Crippen LogP contribution in [0, 0.1) is 0 Å². The molecule has 9 nitrogen and oxygen atoms in total. The zero-order chi connectivity index (χ0) is 27.0. The summed E-state index contributed by atoms with van der Waals surface area (Å²) in [6, 6.07) is 12.7. The summed E-state index contributed by atoms with van der Waals surface area (Å²) < 4.78 is 16.4. The van der Waals surface area contributed by atoms with Crippen LogP contribution < -0.4 is 29.7 Å². The predicted octanol–water partition coefficient (Wildman–Crippen LogP) is 4.45. The van der Waals surface area contributed by atoms with Gasteiger partial charge < -0.3 is 29.7 Å². The highest BCUT2D eigenvalue weighted by Gasteiger charge is 2.23. The first-order valence-corrected chi connectivity index (χ1v) is 13.4. The van der Waals surface area contributed by atoms with Crippen molar-refractivity contribution in [2.24, 2.45) is 0 Å². The number of amides is 2. The summed E-state index contributed by atoms with van der Waals surface area (Å²) in [5.41, 5.74) is 3.70. The molecule has 2 amide bonds. The molecule has 0 fully saturated rings. The Hall–Kier alpha value is -4.11. The van der Waals surface area contributed by atoms with Crippen molar-refractivity contribution >= 4 is 17.5 Å². The zero-order valence-electron chi connectivity index (χ0n) is 22.2. The van der Waals surface area contributed by atoms with E-state index >= 15 is 0 Å². The molecule has 0 unspecified atom stereocenters. The molecule has 3 aromatic rings. The number of aromatic nitrogens is 1. The number of carbonyl (C=O) groups is 2. The van der Waals surface area contributed by atoms with E-state index in [0.717, 1.165) is 55.5 Å². The van der Waals surface area contributed by atoms with Gasteiger partial charge in [0.15, 0.2) is 11.5 Å². The maximum atomic E-state index is 13.6. The number of rotatable bonds is 5. The highest BCUT2D eigenvalue weighted by atomic mass is 16.7. The fourth-order valence-corrected chi connectivity index (χ4v) is 4.96. The lowest BCUT2D eigenvalue weighted by Crippen LogP contribution is -2.34. The van der Waals surface area contributed by atoms with Gasteiger partial charge in [-0.25, -0.2) is 0 Å². The molecule has 3 heterocycles. The second-order valence-electron chi connectivity index (χ2n) is 9.70. The Labute approximate surface area is 228 Å². The Balaban J connectivity index is 1.38. The summed E-state index contributed by atoms with van der Waals surface area (Å²) >= 11 is 0. The van der Waals surface area contributed by atoms with E-state index in [2.05, 4.69) is 15.6 Å². The topological polar surface area (TPSA) is 102 Å². The Kier molecular flexibility index (Phi) is 8.58. The molecule has 5 rings (SSSR count). The number of benzene rings is 2. The highest BCUT2D eigenvalue weighted by molar-refractivity contribution is 6.06. The molecular formula is C30H34N4O5. The third kappa shape index (κ3) is 6.31. The molecule has 9 heteroatoms. The zero-order valence-corrected chi connectivity index (χ0v) is 22.2. The molecule has 0 spiro atoms. The first-order valence-electron chi connectivity index (χ1n) is 13.4. The minimum Gasteiger partial charge on any atom is -0.493 e. The summed E-state index contributed by atoms with van der Waals surface area (Å²) in [6.07, 6.45) is 8.68. The fraction of sp³-hybridized carbons (Fsp3) is 0.367. The number of hydrogen-bond acceptors (Lipinski definition) is 7. The van der Waals surface area contributed by atoms with Gasteiger partial charge in [0, 0.05) is 48.8 Å². The van der Waals surface area contributed by atoms with E-state index in [0.29, 0.717) is 48.0 Å². The van der Waals surface area contributed by atoms with Gasteiger partial charge in [-0.05, 0) is 73.0 Å². The molecule has 0 aliphatic carbocycles. The monoisotopic (exact) mass is 530 g/mol. The Morgan fingerprint density at radius 1 is 1.00 bits per heavy atom. The summed E-state index contributed by atoms with van der Waals surface area (Å²) in [5, 5.41) is 6.49. The summed E-state index contributed by atoms with van der Waals surface area (Å²) in [4.78, 5) is 32.7. The molecule has 39 heavy (non-hydrogen) atoms. The lowest BCUT2D eigenvalue weighted by atomic mass is 10.0. The third-order valence-corrected chi connectivity index (χ3v) is 7.03. The van der Waals surface area contributed by atoms with E-state index in [1.165, 1.54) is 0 Å². The number of nitrogens with zero attached hydrogens (tertiary/aromatic N) is 2. The van der Waals surface area contributed by atoms with Crippen molar-refractivity contribution in [2.75, 3.05) is 31.9 Å². The van der Waals surface area contributed by atoms with Crippen molar-refractivity contribution in [1.29, 1.82) is 0 Å². The van der Waals surface area contributed by atoms with Crippen LogP contribution in [-0.2, 0) is 13.1 Å². The first-order chi connectivity index (χ1) is 19.1. The number of ether oxygens (including phenoxy) is 3. The molecule has 2 N–H and O–H groups in total. The molecule has 0 atom stereocenters. The van der Waals surface area contributed by atoms with Crippen molar-refractivity contribution < 1.29 is 23.8 Å². The van der Waals surface area contributed by atoms with Crippen LogP contribution in [0.15, 0.2) is 54.9 Å². The summed E-state index contributed by atoms with van der Waals surface area (Å²) in [5.74, 6) is 1.48. The van der Waals surface area contributed by atoms with Crippen molar-refractivity contribution in [3.8, 4) is 17.2 Å². The minimum atomic E-state index is -0.201. The first kappa shape index (κ1) is 26.5. The predicted molar refractivity (Wildman–Crippen MR) is 147 cm³/mol. The van der Waals surface area contributed by atoms with Gasteiger partial charge in [0.05, 0.1) is 7.11 Å². The van der Waals surface area contributed by atoms with Crippen molar-refractivity contribution in [2.45, 2.75) is 45.2 Å². The van der Waals surface area contributed by atoms with E-state index in [1.54, 1.807) is 37.7 Å². The van der Waals surface area contributed by atoms with Gasteiger partial charge in [-0.15, -0.1) is 0 Å². The Morgan fingerprint density at radius 2 is 1.82 bits per heavy atom. The second kappa shape index (κ2) is 12.6. The van der Waals surface area contributed by atoms with Gasteiger partial charge in [0.2, 0.25) is 12.5 Å². The molecule has 2 aliphatic rings. The number of pyridine rings is 1. The van der Waals surface area contributed by atoms with Crippen LogP contribution in [0.25, 0.3) is 0 Å². The normalized spacial score (nSPS) is 15.5. The number of hydrogen-bond donors (Lipinski definition) is 2. The molecule has 2 aromatic carbocycles. The SMILES string of the molecule is COc1cc(CNC(=O)c2ccc3c(c2)CNCCCCCCCN3C(=O)c2ccncc2)cc2c1OCO2. The minimum absolute atomic E-state index is 0.0651. The highest BCUT2D eigenvalue weighted by Crippen LogP contribution is 2.41. The number of nitrogens with one attached hydrogen (secondary N) is 2. The molecule has 0 saturated heterocycles. The number of fused-ring (bicyclic) bond motifs is 2. The number of anilines is 1. The van der Waals surface area contributed by atoms with Gasteiger partial charge in [-0.2, -0.15) is 0 Å². The third-order valence-electron chi connectivity index (χ3n) is 7.03. The second-order valence-corrected chi connectivity index (χ2v) is 9.70. The van der Waals surface area contributed by atoms with Gasteiger partial charge >= 0.3 is 0 Å². The number of carbonyl (C=O) groups excluding carboxylic acids is 2. The van der Waals surface area contributed by atoms with Crippen LogP contribution in [0.3, 0.4) is 0 Å².